The summed E-state index contributed by atoms with van der Waals surface area (Å²) in [6.07, 6.45) is 8.87. The van der Waals surface area contributed by atoms with Gasteiger partial charge in [-0.15, -0.1) is 0 Å². The fraction of sp³-hybridized carbons (Fsp3) is 0.480. The Morgan fingerprint density at radius 1 is 1.07 bits per heavy atom. The molecular formula is C25H29F2NO2. The second-order valence-electron chi connectivity index (χ2n) is 8.22. The average Bonchev–Trinajstić information content (AvgIpc) is 2.74. The molecule has 2 aromatic carbocycles. The van der Waals surface area contributed by atoms with Gasteiger partial charge in [0, 0.05) is 17.7 Å². The number of unbranched alkanes of at least 4 members (excludes halogenated alkanes) is 2. The largest absolute Gasteiger partial charge is 0.461 e. The third-order valence-electron chi connectivity index (χ3n) is 6.13. The Bertz CT molecular complexity index is 845. The van der Waals surface area contributed by atoms with Gasteiger partial charge in [-0.3, -0.25) is 0 Å². The second kappa shape index (κ2) is 10.5. The molecule has 0 bridgehead atoms. The van der Waals surface area contributed by atoms with E-state index in [2.05, 4.69) is 6.92 Å². The lowest BCUT2D eigenvalue weighted by Gasteiger charge is -2.29. The first kappa shape index (κ1) is 22.2. The maximum absolute atomic E-state index is 13.7. The van der Waals surface area contributed by atoms with Crippen LogP contribution in [-0.4, -0.2) is 5.11 Å². The first-order chi connectivity index (χ1) is 14.5. The first-order valence-corrected chi connectivity index (χ1v) is 10.9. The number of hydrogen-bond donors (Lipinski definition) is 1. The number of hydrogen-bond acceptors (Lipinski definition) is 3. The molecule has 1 saturated carbocycles. The lowest BCUT2D eigenvalue weighted by molar-refractivity contribution is -0.0198. The molecule has 3 rings (SSSR count). The summed E-state index contributed by atoms with van der Waals surface area (Å²) in [5.41, 5.74) is 1.10. The molecule has 0 spiro atoms. The molecule has 1 N–H and O–H groups in total. The molecule has 2 aromatic rings. The molecule has 3 nitrogen and oxygen atoms in total. The molecule has 0 aromatic heterocycles. The van der Waals surface area contributed by atoms with E-state index in [-0.39, 0.29) is 5.75 Å². The Kier molecular flexibility index (Phi) is 7.81. The van der Waals surface area contributed by atoms with Crippen molar-refractivity contribution in [1.29, 1.82) is 5.26 Å². The van der Waals surface area contributed by atoms with Crippen LogP contribution in [0.4, 0.5) is 8.78 Å². The highest BCUT2D eigenvalue weighted by molar-refractivity contribution is 5.38. The van der Waals surface area contributed by atoms with Crippen molar-refractivity contribution in [2.75, 3.05) is 0 Å². The molecule has 1 fully saturated rings. The minimum absolute atomic E-state index is 0.165. The van der Waals surface area contributed by atoms with E-state index in [0.717, 1.165) is 18.1 Å². The molecule has 0 aliphatic heterocycles. The van der Waals surface area contributed by atoms with Crippen LogP contribution >= 0.6 is 0 Å². The molecule has 30 heavy (non-hydrogen) atoms. The highest BCUT2D eigenvalue weighted by atomic mass is 19.1. The first-order valence-electron chi connectivity index (χ1n) is 10.9. The summed E-state index contributed by atoms with van der Waals surface area (Å²) in [5.74, 6) is -0.792. The Hall–Kier alpha value is -2.45. The monoisotopic (exact) mass is 413 g/mol. The van der Waals surface area contributed by atoms with Crippen LogP contribution in [0.25, 0.3) is 0 Å². The predicted molar refractivity (Wildman–Crippen MR) is 112 cm³/mol. The van der Waals surface area contributed by atoms with Crippen molar-refractivity contribution >= 4 is 0 Å². The maximum Gasteiger partial charge on any atom is 0.224 e. The summed E-state index contributed by atoms with van der Waals surface area (Å²) in [7, 11) is 0. The summed E-state index contributed by atoms with van der Waals surface area (Å²) >= 11 is 0. The van der Waals surface area contributed by atoms with E-state index in [9.17, 15) is 13.9 Å². The van der Waals surface area contributed by atoms with Crippen molar-refractivity contribution in [3.63, 3.8) is 0 Å². The van der Waals surface area contributed by atoms with Crippen molar-refractivity contribution in [2.24, 2.45) is 5.92 Å². The van der Waals surface area contributed by atoms with Gasteiger partial charge >= 0.3 is 0 Å². The Morgan fingerprint density at radius 2 is 1.70 bits per heavy atom. The summed E-state index contributed by atoms with van der Waals surface area (Å²) in [4.78, 5) is 0. The van der Waals surface area contributed by atoms with E-state index < -0.39 is 23.5 Å². The van der Waals surface area contributed by atoms with Crippen molar-refractivity contribution in [2.45, 2.75) is 70.5 Å². The molecule has 1 atom stereocenters. The molecule has 0 amide bonds. The van der Waals surface area contributed by atoms with Gasteiger partial charge in [-0.2, -0.15) is 5.26 Å². The zero-order chi connectivity index (χ0) is 21.5. The van der Waals surface area contributed by atoms with Crippen molar-refractivity contribution in [1.82, 2.24) is 0 Å². The molecule has 1 aliphatic rings. The van der Waals surface area contributed by atoms with Gasteiger partial charge < -0.3 is 9.84 Å². The van der Waals surface area contributed by atoms with Crippen LogP contribution in [0.3, 0.4) is 0 Å². The molecule has 0 radical (unpaired) electrons. The molecule has 0 heterocycles. The van der Waals surface area contributed by atoms with Crippen LogP contribution in [0.5, 0.6) is 5.75 Å². The molecule has 160 valence electrons. The van der Waals surface area contributed by atoms with Crippen molar-refractivity contribution in [3.8, 4) is 11.8 Å². The topological polar surface area (TPSA) is 53.2 Å². The van der Waals surface area contributed by atoms with E-state index in [1.54, 1.807) is 12.1 Å². The smallest absolute Gasteiger partial charge is 0.224 e. The molecule has 1 aliphatic carbocycles. The van der Waals surface area contributed by atoms with Gasteiger partial charge in [-0.25, -0.2) is 8.78 Å². The van der Waals surface area contributed by atoms with Crippen molar-refractivity contribution in [3.05, 3.63) is 64.7 Å². The van der Waals surface area contributed by atoms with Gasteiger partial charge in [0.05, 0.1) is 0 Å². The second-order valence-corrected chi connectivity index (χ2v) is 8.22. The lowest BCUT2D eigenvalue weighted by atomic mass is 9.77. The number of nitrogens with zero attached hydrogens (tertiary/aromatic N) is 1. The lowest BCUT2D eigenvalue weighted by Crippen LogP contribution is -2.13. The van der Waals surface area contributed by atoms with Crippen LogP contribution in [0, 0.1) is 28.9 Å². The summed E-state index contributed by atoms with van der Waals surface area (Å²) in [6.45, 7) is 2.24. The third-order valence-corrected chi connectivity index (χ3v) is 6.13. The number of nitriles is 1. The number of halogens is 2. The fourth-order valence-electron chi connectivity index (χ4n) is 4.32. The van der Waals surface area contributed by atoms with E-state index >= 15 is 0 Å². The number of ether oxygens (including phenoxy) is 1. The number of aliphatic hydroxyl groups excluding tert-OH is 1. The van der Waals surface area contributed by atoms with E-state index in [4.69, 9.17) is 10.00 Å². The average molecular weight is 414 g/mol. The summed E-state index contributed by atoms with van der Waals surface area (Å²) in [5, 5.41) is 19.0. The maximum atomic E-state index is 13.7. The standard InChI is InChI=1S/C25H29F2NO2/c1-2-3-4-5-17-6-8-18(9-7-17)19-10-12-20(13-11-19)25(29)30-21-14-23(26)22(16-28)24(27)15-21/h10-15,17-18,25,29H,2-9H2,1H3. The SMILES string of the molecule is CCCCCC1CCC(c2ccc(C(O)Oc3cc(F)c(C#N)c(F)c3)cc2)CC1. The van der Waals surface area contributed by atoms with Gasteiger partial charge in [-0.1, -0.05) is 56.9 Å². The molecule has 1 unspecified atom stereocenters. The Labute approximate surface area is 177 Å². The van der Waals surface area contributed by atoms with Crippen LogP contribution in [0.15, 0.2) is 36.4 Å². The Morgan fingerprint density at radius 3 is 2.27 bits per heavy atom. The van der Waals surface area contributed by atoms with E-state index in [1.165, 1.54) is 63.0 Å². The third kappa shape index (κ3) is 5.58. The van der Waals surface area contributed by atoms with Crippen LogP contribution in [0.2, 0.25) is 0 Å². The van der Waals surface area contributed by atoms with Crippen LogP contribution < -0.4 is 4.74 Å². The number of aliphatic hydroxyl groups is 1. The van der Waals surface area contributed by atoms with Crippen LogP contribution in [0.1, 0.15) is 87.2 Å². The van der Waals surface area contributed by atoms with E-state index in [1.807, 2.05) is 12.1 Å². The normalized spacial score (nSPS) is 19.8. The van der Waals surface area contributed by atoms with Crippen LogP contribution in [-0.2, 0) is 0 Å². The fourth-order valence-corrected chi connectivity index (χ4v) is 4.32. The molecule has 0 saturated heterocycles. The highest BCUT2D eigenvalue weighted by Gasteiger charge is 2.22. The molecular weight excluding hydrogens is 384 g/mol. The van der Waals surface area contributed by atoms with Gasteiger partial charge in [-0.05, 0) is 43.1 Å². The van der Waals surface area contributed by atoms with Gasteiger partial charge in [0.25, 0.3) is 0 Å². The van der Waals surface area contributed by atoms with Gasteiger partial charge in [0.15, 0.2) is 0 Å². The summed E-state index contributed by atoms with van der Waals surface area (Å²) < 4.78 is 32.7. The zero-order valence-corrected chi connectivity index (χ0v) is 17.4. The predicted octanol–water partition coefficient (Wildman–Crippen LogP) is 6.76. The number of benzene rings is 2. The molecule has 5 heteroatoms. The van der Waals surface area contributed by atoms with E-state index in [0.29, 0.717) is 11.5 Å². The minimum Gasteiger partial charge on any atom is -0.461 e. The zero-order valence-electron chi connectivity index (χ0n) is 17.4. The summed E-state index contributed by atoms with van der Waals surface area (Å²) in [6, 6.07) is 10.9. The van der Waals surface area contributed by atoms with Gasteiger partial charge in [0.2, 0.25) is 6.29 Å². The minimum atomic E-state index is -1.35. The quantitative estimate of drug-likeness (QED) is 0.384. The Balaban J connectivity index is 1.56. The number of rotatable bonds is 8. The van der Waals surface area contributed by atoms with Gasteiger partial charge in [0.1, 0.15) is 29.0 Å². The van der Waals surface area contributed by atoms with Crippen molar-refractivity contribution < 1.29 is 18.6 Å². The highest BCUT2D eigenvalue weighted by Crippen LogP contribution is 2.38.